The summed E-state index contributed by atoms with van der Waals surface area (Å²) in [6.07, 6.45) is 0. The first-order valence-electron chi connectivity index (χ1n) is 9.24. The minimum atomic E-state index is -0.0365. The predicted molar refractivity (Wildman–Crippen MR) is 116 cm³/mol. The van der Waals surface area contributed by atoms with Crippen LogP contribution in [0.3, 0.4) is 0 Å². The van der Waals surface area contributed by atoms with Gasteiger partial charge in [0.15, 0.2) is 28.3 Å². The van der Waals surface area contributed by atoms with Gasteiger partial charge in [0.2, 0.25) is 0 Å². The van der Waals surface area contributed by atoms with Crippen molar-refractivity contribution in [2.75, 3.05) is 20.0 Å². The van der Waals surface area contributed by atoms with Crippen LogP contribution in [0.5, 0.6) is 17.2 Å². The van der Waals surface area contributed by atoms with Gasteiger partial charge in [-0.15, -0.1) is 10.2 Å². The average Bonchev–Trinajstić information content (AvgIpc) is 3.18. The lowest BCUT2D eigenvalue weighted by Crippen LogP contribution is -2.08. The fourth-order valence-electron chi connectivity index (χ4n) is 2.75. The largest absolute Gasteiger partial charge is 0.493 e. The number of Topliss-reactive ketones (excluding diaryl/α,β-unsaturated/α-hetero) is 1. The van der Waals surface area contributed by atoms with Crippen LogP contribution in [-0.4, -0.2) is 40.5 Å². The standard InChI is InChI=1S/C21H22ClN3O4S/c1-4-25-20(12-29-16-8-6-15(22)7-9-16)23-24-21(25)30-13-17(26)14-5-10-18(27-2)19(11-14)28-3/h5-11H,4,12-13H2,1-3H3. The number of methoxy groups -OCH3 is 2. The van der Waals surface area contributed by atoms with E-state index in [1.54, 1.807) is 49.6 Å². The lowest BCUT2D eigenvalue weighted by Gasteiger charge is -2.10. The van der Waals surface area contributed by atoms with Crippen molar-refractivity contribution in [1.29, 1.82) is 0 Å². The third kappa shape index (κ3) is 5.25. The van der Waals surface area contributed by atoms with Gasteiger partial charge in [-0.2, -0.15) is 0 Å². The first kappa shape index (κ1) is 22.0. The van der Waals surface area contributed by atoms with E-state index in [2.05, 4.69) is 10.2 Å². The van der Waals surface area contributed by atoms with Crippen LogP contribution in [0.15, 0.2) is 47.6 Å². The molecule has 0 fully saturated rings. The number of benzene rings is 2. The van der Waals surface area contributed by atoms with Crippen LogP contribution < -0.4 is 14.2 Å². The topological polar surface area (TPSA) is 75.5 Å². The second-order valence-electron chi connectivity index (χ2n) is 6.17. The van der Waals surface area contributed by atoms with Gasteiger partial charge in [-0.05, 0) is 49.4 Å². The maximum atomic E-state index is 12.6. The van der Waals surface area contributed by atoms with E-state index in [9.17, 15) is 4.79 Å². The zero-order chi connectivity index (χ0) is 21.5. The van der Waals surface area contributed by atoms with Crippen LogP contribution in [0.1, 0.15) is 23.1 Å². The SMILES string of the molecule is CCn1c(COc2ccc(Cl)cc2)nnc1SCC(=O)c1ccc(OC)c(OC)c1. The van der Waals surface area contributed by atoms with Crippen LogP contribution in [0.2, 0.25) is 5.02 Å². The molecule has 1 aromatic heterocycles. The normalized spacial score (nSPS) is 10.7. The van der Waals surface area contributed by atoms with Crippen LogP contribution in [0, 0.1) is 0 Å². The Morgan fingerprint density at radius 1 is 1.07 bits per heavy atom. The van der Waals surface area contributed by atoms with E-state index in [1.807, 2.05) is 11.5 Å². The van der Waals surface area contributed by atoms with E-state index in [4.69, 9.17) is 25.8 Å². The molecule has 3 aromatic rings. The molecule has 0 aliphatic rings. The summed E-state index contributed by atoms with van der Waals surface area (Å²) in [4.78, 5) is 12.6. The smallest absolute Gasteiger partial charge is 0.191 e. The fourth-order valence-corrected chi connectivity index (χ4v) is 3.79. The highest BCUT2D eigenvalue weighted by atomic mass is 35.5. The predicted octanol–water partition coefficient (Wildman–Crippen LogP) is 4.52. The zero-order valence-electron chi connectivity index (χ0n) is 16.9. The number of hydrogen-bond acceptors (Lipinski definition) is 7. The van der Waals surface area contributed by atoms with Gasteiger partial charge in [-0.25, -0.2) is 0 Å². The minimum absolute atomic E-state index is 0.0365. The number of hydrogen-bond donors (Lipinski definition) is 0. The number of rotatable bonds is 10. The Morgan fingerprint density at radius 3 is 2.47 bits per heavy atom. The molecular formula is C21H22ClN3O4S. The molecule has 0 amide bonds. The summed E-state index contributed by atoms with van der Waals surface area (Å²) in [6, 6.07) is 12.2. The van der Waals surface area contributed by atoms with Gasteiger partial charge < -0.3 is 18.8 Å². The van der Waals surface area contributed by atoms with Crippen molar-refractivity contribution in [2.24, 2.45) is 0 Å². The molecule has 0 aliphatic carbocycles. The fraction of sp³-hybridized carbons (Fsp3) is 0.286. The monoisotopic (exact) mass is 447 g/mol. The van der Waals surface area contributed by atoms with Crippen molar-refractivity contribution in [3.8, 4) is 17.2 Å². The van der Waals surface area contributed by atoms with E-state index in [0.717, 1.165) is 0 Å². The lowest BCUT2D eigenvalue weighted by atomic mass is 10.1. The first-order valence-corrected chi connectivity index (χ1v) is 10.6. The van der Waals surface area contributed by atoms with Gasteiger partial charge in [-0.3, -0.25) is 4.79 Å². The molecule has 7 nitrogen and oxygen atoms in total. The zero-order valence-corrected chi connectivity index (χ0v) is 18.5. The molecule has 9 heteroatoms. The average molecular weight is 448 g/mol. The molecule has 0 radical (unpaired) electrons. The molecule has 2 aromatic carbocycles. The Hall–Kier alpha value is -2.71. The summed E-state index contributed by atoms with van der Waals surface area (Å²) in [7, 11) is 3.10. The Labute approximate surface area is 184 Å². The quantitative estimate of drug-likeness (QED) is 0.334. The molecule has 0 N–H and O–H groups in total. The maximum absolute atomic E-state index is 12.6. The first-order chi connectivity index (χ1) is 14.5. The summed E-state index contributed by atoms with van der Waals surface area (Å²) in [5, 5.41) is 9.75. The Balaban J connectivity index is 1.64. The molecule has 3 rings (SSSR count). The minimum Gasteiger partial charge on any atom is -0.493 e. The molecule has 0 saturated heterocycles. The second kappa shape index (κ2) is 10.4. The van der Waals surface area contributed by atoms with E-state index in [-0.39, 0.29) is 18.1 Å². The molecule has 1 heterocycles. The number of thioether (sulfide) groups is 1. The van der Waals surface area contributed by atoms with Gasteiger partial charge >= 0.3 is 0 Å². The number of ketones is 1. The van der Waals surface area contributed by atoms with Gasteiger partial charge in [-0.1, -0.05) is 23.4 Å². The number of carbonyl (C=O) groups is 1. The lowest BCUT2D eigenvalue weighted by molar-refractivity contribution is 0.102. The molecule has 158 valence electrons. The van der Waals surface area contributed by atoms with Crippen molar-refractivity contribution < 1.29 is 19.0 Å². The number of ether oxygens (including phenoxy) is 3. The van der Waals surface area contributed by atoms with Gasteiger partial charge in [0.05, 0.1) is 20.0 Å². The van der Waals surface area contributed by atoms with E-state index in [0.29, 0.717) is 45.4 Å². The van der Waals surface area contributed by atoms with Crippen LogP contribution in [0.4, 0.5) is 0 Å². The van der Waals surface area contributed by atoms with Crippen molar-refractivity contribution >= 4 is 29.1 Å². The Bertz CT molecular complexity index is 1010. The van der Waals surface area contributed by atoms with Gasteiger partial charge in [0, 0.05) is 17.1 Å². The van der Waals surface area contributed by atoms with Gasteiger partial charge in [0.25, 0.3) is 0 Å². The van der Waals surface area contributed by atoms with Crippen LogP contribution >= 0.6 is 23.4 Å². The van der Waals surface area contributed by atoms with E-state index >= 15 is 0 Å². The Kier molecular flexibility index (Phi) is 7.59. The molecule has 30 heavy (non-hydrogen) atoms. The molecule has 0 bridgehead atoms. The summed E-state index contributed by atoms with van der Waals surface area (Å²) >= 11 is 7.23. The number of nitrogens with zero attached hydrogens (tertiary/aromatic N) is 3. The summed E-state index contributed by atoms with van der Waals surface area (Å²) in [6.45, 7) is 2.93. The molecule has 0 aliphatic heterocycles. The molecule has 0 atom stereocenters. The van der Waals surface area contributed by atoms with Crippen LogP contribution in [0.25, 0.3) is 0 Å². The van der Waals surface area contributed by atoms with Crippen molar-refractivity contribution in [3.05, 3.63) is 58.9 Å². The number of carbonyl (C=O) groups excluding carboxylic acids is 1. The van der Waals surface area contributed by atoms with Gasteiger partial charge in [0.1, 0.15) is 12.4 Å². The number of halogens is 1. The maximum Gasteiger partial charge on any atom is 0.191 e. The van der Waals surface area contributed by atoms with Crippen molar-refractivity contribution in [1.82, 2.24) is 14.8 Å². The molecule has 0 unspecified atom stereocenters. The highest BCUT2D eigenvalue weighted by Crippen LogP contribution is 2.28. The van der Waals surface area contributed by atoms with Crippen molar-refractivity contribution in [3.63, 3.8) is 0 Å². The van der Waals surface area contributed by atoms with Crippen LogP contribution in [-0.2, 0) is 13.2 Å². The van der Waals surface area contributed by atoms with E-state index < -0.39 is 0 Å². The summed E-state index contributed by atoms with van der Waals surface area (Å²) < 4.78 is 18.2. The van der Waals surface area contributed by atoms with Crippen molar-refractivity contribution in [2.45, 2.75) is 25.2 Å². The molecule has 0 spiro atoms. The molecular weight excluding hydrogens is 426 g/mol. The highest BCUT2D eigenvalue weighted by molar-refractivity contribution is 7.99. The Morgan fingerprint density at radius 2 is 1.80 bits per heavy atom. The van der Waals surface area contributed by atoms with E-state index in [1.165, 1.54) is 18.9 Å². The number of aromatic nitrogens is 3. The highest BCUT2D eigenvalue weighted by Gasteiger charge is 2.16. The third-order valence-corrected chi connectivity index (χ3v) is 5.55. The third-order valence-electron chi connectivity index (χ3n) is 4.33. The second-order valence-corrected chi connectivity index (χ2v) is 7.55. The summed E-state index contributed by atoms with van der Waals surface area (Å²) in [5.41, 5.74) is 0.550. The summed E-state index contributed by atoms with van der Waals surface area (Å²) in [5.74, 6) is 2.68. The molecule has 0 saturated carbocycles.